The predicted octanol–water partition coefficient (Wildman–Crippen LogP) is 3.73. The number of H-pyrrole nitrogens is 1. The van der Waals surface area contributed by atoms with Gasteiger partial charge in [0.1, 0.15) is 10.8 Å². The molecule has 0 fully saturated rings. The van der Waals surface area contributed by atoms with Crippen LogP contribution < -0.4 is 0 Å². The van der Waals surface area contributed by atoms with Gasteiger partial charge in [-0.1, -0.05) is 26.0 Å². The molecule has 0 atom stereocenters. The van der Waals surface area contributed by atoms with Crippen LogP contribution in [0.15, 0.2) is 30.5 Å². The van der Waals surface area contributed by atoms with Crippen LogP contribution in [0.4, 0.5) is 0 Å². The lowest BCUT2D eigenvalue weighted by Gasteiger charge is -1.96. The first-order chi connectivity index (χ1) is 8.72. The molecule has 2 heterocycles. The molecule has 0 radical (unpaired) electrons. The smallest absolute Gasteiger partial charge is 0.114 e. The molecule has 2 aromatic heterocycles. The van der Waals surface area contributed by atoms with E-state index >= 15 is 0 Å². The van der Waals surface area contributed by atoms with Crippen LogP contribution in [-0.2, 0) is 6.42 Å². The van der Waals surface area contributed by atoms with Crippen LogP contribution in [0.3, 0.4) is 0 Å². The Balaban J connectivity index is 1.86. The van der Waals surface area contributed by atoms with E-state index in [0.717, 1.165) is 28.3 Å². The monoisotopic (exact) mass is 257 g/mol. The van der Waals surface area contributed by atoms with E-state index in [1.54, 1.807) is 11.3 Å². The van der Waals surface area contributed by atoms with Gasteiger partial charge in [-0.2, -0.15) is 0 Å². The highest BCUT2D eigenvalue weighted by atomic mass is 32.1. The van der Waals surface area contributed by atoms with Crippen molar-refractivity contribution in [2.45, 2.75) is 26.2 Å². The first kappa shape index (κ1) is 11.4. The van der Waals surface area contributed by atoms with Crippen LogP contribution in [0.25, 0.3) is 11.0 Å². The first-order valence-electron chi connectivity index (χ1n) is 6.10. The summed E-state index contributed by atoms with van der Waals surface area (Å²) >= 11 is 1.77. The summed E-state index contributed by atoms with van der Waals surface area (Å²) in [6.07, 6.45) is 2.76. The zero-order valence-electron chi connectivity index (χ0n) is 10.5. The normalized spacial score (nSPS) is 11.5. The molecule has 3 nitrogen and oxygen atoms in total. The van der Waals surface area contributed by atoms with Crippen LogP contribution in [0, 0.1) is 0 Å². The number of rotatable bonds is 3. The summed E-state index contributed by atoms with van der Waals surface area (Å²) in [5, 5.41) is 1.12. The summed E-state index contributed by atoms with van der Waals surface area (Å²) in [6.45, 7) is 4.39. The van der Waals surface area contributed by atoms with Crippen LogP contribution in [0.1, 0.15) is 35.5 Å². The molecule has 4 heteroatoms. The van der Waals surface area contributed by atoms with Crippen LogP contribution in [0.2, 0.25) is 0 Å². The molecule has 0 saturated heterocycles. The number of nitrogens with zero attached hydrogens (tertiary/aromatic N) is 2. The van der Waals surface area contributed by atoms with Gasteiger partial charge in [-0.05, 0) is 18.1 Å². The van der Waals surface area contributed by atoms with Gasteiger partial charge in [-0.15, -0.1) is 11.3 Å². The van der Waals surface area contributed by atoms with E-state index in [9.17, 15) is 0 Å². The molecule has 0 amide bonds. The molecule has 0 aliphatic carbocycles. The Morgan fingerprint density at radius 1 is 1.28 bits per heavy atom. The molecule has 0 bridgehead atoms. The topological polar surface area (TPSA) is 41.6 Å². The van der Waals surface area contributed by atoms with Gasteiger partial charge in [0.15, 0.2) is 0 Å². The minimum absolute atomic E-state index is 0.548. The van der Waals surface area contributed by atoms with Crippen molar-refractivity contribution in [1.29, 1.82) is 0 Å². The number of imidazole rings is 1. The van der Waals surface area contributed by atoms with Crippen molar-refractivity contribution in [2.24, 2.45) is 0 Å². The summed E-state index contributed by atoms with van der Waals surface area (Å²) in [4.78, 5) is 13.7. The zero-order chi connectivity index (χ0) is 12.5. The first-order valence-corrected chi connectivity index (χ1v) is 6.92. The van der Waals surface area contributed by atoms with Crippen molar-refractivity contribution >= 4 is 22.4 Å². The lowest BCUT2D eigenvalue weighted by Crippen LogP contribution is -1.88. The number of benzene rings is 1. The van der Waals surface area contributed by atoms with Crippen molar-refractivity contribution in [1.82, 2.24) is 15.0 Å². The number of thiazole rings is 1. The summed E-state index contributed by atoms with van der Waals surface area (Å²) in [5.74, 6) is 1.53. The fraction of sp³-hybridized carbons (Fsp3) is 0.286. The molecule has 1 N–H and O–H groups in total. The minimum Gasteiger partial charge on any atom is -0.342 e. The zero-order valence-corrected chi connectivity index (χ0v) is 11.3. The van der Waals surface area contributed by atoms with E-state index < -0.39 is 0 Å². The Hall–Kier alpha value is -1.68. The maximum atomic E-state index is 4.57. The fourth-order valence-electron chi connectivity index (χ4n) is 1.91. The van der Waals surface area contributed by atoms with Gasteiger partial charge in [0.05, 0.1) is 17.5 Å². The van der Waals surface area contributed by atoms with Gasteiger partial charge in [0.2, 0.25) is 0 Å². The molecule has 1 aromatic carbocycles. The second kappa shape index (κ2) is 4.53. The Morgan fingerprint density at radius 3 is 2.83 bits per heavy atom. The second-order valence-corrected chi connectivity index (χ2v) is 5.84. The molecule has 92 valence electrons. The number of fused-ring (bicyclic) bond motifs is 1. The summed E-state index contributed by atoms with van der Waals surface area (Å²) in [7, 11) is 0. The number of aromatic amines is 1. The standard InChI is InChI=1S/C14H15N3S/c1-9(2)12-8-15-14(18-12)7-13-16-10-5-3-4-6-11(10)17-13/h3-6,8-9H,7H2,1-2H3,(H,16,17). The van der Waals surface area contributed by atoms with Crippen LogP contribution in [0.5, 0.6) is 0 Å². The lowest BCUT2D eigenvalue weighted by molar-refractivity contribution is 0.885. The minimum atomic E-state index is 0.548. The molecule has 3 aromatic rings. The predicted molar refractivity (Wildman–Crippen MR) is 75.1 cm³/mol. The molecule has 18 heavy (non-hydrogen) atoms. The number of para-hydroxylation sites is 2. The van der Waals surface area contributed by atoms with Gasteiger partial charge >= 0.3 is 0 Å². The van der Waals surface area contributed by atoms with E-state index in [1.165, 1.54) is 4.88 Å². The van der Waals surface area contributed by atoms with E-state index in [1.807, 2.05) is 30.5 Å². The highest BCUT2D eigenvalue weighted by Crippen LogP contribution is 2.23. The average Bonchev–Trinajstić information content (AvgIpc) is 2.94. The van der Waals surface area contributed by atoms with Gasteiger partial charge in [0, 0.05) is 11.1 Å². The number of aromatic nitrogens is 3. The largest absolute Gasteiger partial charge is 0.342 e. The van der Waals surface area contributed by atoms with Crippen molar-refractivity contribution in [2.75, 3.05) is 0 Å². The molecule has 0 aliphatic rings. The van der Waals surface area contributed by atoms with Crippen molar-refractivity contribution < 1.29 is 0 Å². The van der Waals surface area contributed by atoms with Crippen molar-refractivity contribution in [3.63, 3.8) is 0 Å². The van der Waals surface area contributed by atoms with Crippen LogP contribution in [-0.4, -0.2) is 15.0 Å². The van der Waals surface area contributed by atoms with Crippen molar-refractivity contribution in [3.8, 4) is 0 Å². The maximum Gasteiger partial charge on any atom is 0.114 e. The SMILES string of the molecule is CC(C)c1cnc(Cc2nc3ccccc3[nH]2)s1. The number of hydrogen-bond donors (Lipinski definition) is 1. The van der Waals surface area contributed by atoms with Gasteiger partial charge in [-0.3, -0.25) is 0 Å². The maximum absolute atomic E-state index is 4.57. The molecular formula is C14H15N3S. The third kappa shape index (κ3) is 2.16. The number of nitrogens with one attached hydrogen (secondary N) is 1. The Bertz CT molecular complexity index is 633. The van der Waals surface area contributed by atoms with E-state index in [2.05, 4.69) is 28.8 Å². The van der Waals surface area contributed by atoms with Crippen molar-refractivity contribution in [3.05, 3.63) is 46.2 Å². The number of hydrogen-bond acceptors (Lipinski definition) is 3. The van der Waals surface area contributed by atoms with E-state index in [0.29, 0.717) is 5.92 Å². The molecule has 0 spiro atoms. The van der Waals surface area contributed by atoms with E-state index in [-0.39, 0.29) is 0 Å². The second-order valence-electron chi connectivity index (χ2n) is 4.69. The van der Waals surface area contributed by atoms with Crippen LogP contribution >= 0.6 is 11.3 Å². The molecule has 0 saturated carbocycles. The summed E-state index contributed by atoms with van der Waals surface area (Å²) in [5.41, 5.74) is 2.11. The highest BCUT2D eigenvalue weighted by Gasteiger charge is 2.08. The molecule has 0 aliphatic heterocycles. The third-order valence-electron chi connectivity index (χ3n) is 2.90. The molecule has 0 unspecified atom stereocenters. The summed E-state index contributed by atoms with van der Waals surface area (Å²) < 4.78 is 0. The van der Waals surface area contributed by atoms with E-state index in [4.69, 9.17) is 0 Å². The lowest BCUT2D eigenvalue weighted by atomic mass is 10.2. The Labute approximate surface area is 110 Å². The highest BCUT2D eigenvalue weighted by molar-refractivity contribution is 7.11. The summed E-state index contributed by atoms with van der Waals surface area (Å²) in [6, 6.07) is 8.10. The Morgan fingerprint density at radius 2 is 2.11 bits per heavy atom. The quantitative estimate of drug-likeness (QED) is 0.776. The van der Waals surface area contributed by atoms with Gasteiger partial charge in [0.25, 0.3) is 0 Å². The van der Waals surface area contributed by atoms with Gasteiger partial charge < -0.3 is 4.98 Å². The Kier molecular flexibility index (Phi) is 2.88. The third-order valence-corrected chi connectivity index (χ3v) is 4.20. The molecule has 3 rings (SSSR count). The molecular weight excluding hydrogens is 242 g/mol. The fourth-order valence-corrected chi connectivity index (χ4v) is 2.83. The average molecular weight is 257 g/mol. The van der Waals surface area contributed by atoms with Gasteiger partial charge in [-0.25, -0.2) is 9.97 Å².